The Morgan fingerprint density at radius 1 is 1.40 bits per heavy atom. The van der Waals surface area contributed by atoms with Crippen molar-refractivity contribution in [1.82, 2.24) is 14.9 Å². The molecule has 0 radical (unpaired) electrons. The maximum atomic E-state index is 11.9. The lowest BCUT2D eigenvalue weighted by atomic mass is 10.4. The lowest BCUT2D eigenvalue weighted by Crippen LogP contribution is -2.37. The normalized spacial score (nSPS) is 11.8. The third-order valence-electron chi connectivity index (χ3n) is 2.34. The summed E-state index contributed by atoms with van der Waals surface area (Å²) in [6.45, 7) is 1.15. The Morgan fingerprint density at radius 3 is 2.65 bits per heavy atom. The molecule has 0 aliphatic rings. The topological polar surface area (TPSA) is 78.5 Å². The van der Waals surface area contributed by atoms with Crippen LogP contribution in [-0.2, 0) is 14.8 Å². The number of hydrogen-bond acceptors (Lipinski definition) is 5. The summed E-state index contributed by atoms with van der Waals surface area (Å²) in [6, 6.07) is 3.15. The highest BCUT2D eigenvalue weighted by molar-refractivity contribution is 9.11. The van der Waals surface area contributed by atoms with Crippen molar-refractivity contribution >= 4 is 43.2 Å². The van der Waals surface area contributed by atoms with E-state index in [1.54, 1.807) is 6.07 Å². The smallest absolute Gasteiger partial charge is 0.250 e. The second kappa shape index (κ2) is 8.08. The summed E-state index contributed by atoms with van der Waals surface area (Å²) in [5.41, 5.74) is 0. The Labute approximate surface area is 131 Å². The van der Waals surface area contributed by atoms with Crippen molar-refractivity contribution in [2.24, 2.45) is 0 Å². The van der Waals surface area contributed by atoms with Gasteiger partial charge in [0, 0.05) is 6.54 Å². The molecular formula is C11H18BrN3O3S2. The molecule has 1 amide bonds. The van der Waals surface area contributed by atoms with E-state index in [4.69, 9.17) is 0 Å². The van der Waals surface area contributed by atoms with Crippen molar-refractivity contribution in [3.05, 3.63) is 15.9 Å². The zero-order valence-corrected chi connectivity index (χ0v) is 14.6. The zero-order chi connectivity index (χ0) is 15.2. The fraction of sp³-hybridized carbons (Fsp3) is 0.545. The highest BCUT2D eigenvalue weighted by Crippen LogP contribution is 2.25. The van der Waals surface area contributed by atoms with Crippen LogP contribution in [0.3, 0.4) is 0 Å². The Morgan fingerprint density at radius 2 is 2.10 bits per heavy atom. The molecule has 6 nitrogen and oxygen atoms in total. The van der Waals surface area contributed by atoms with Gasteiger partial charge in [-0.3, -0.25) is 4.79 Å². The van der Waals surface area contributed by atoms with E-state index in [1.807, 2.05) is 19.0 Å². The number of nitrogens with one attached hydrogen (secondary N) is 2. The van der Waals surface area contributed by atoms with E-state index >= 15 is 0 Å². The minimum atomic E-state index is -3.61. The fourth-order valence-corrected chi connectivity index (χ4v) is 4.40. The van der Waals surface area contributed by atoms with Crippen molar-refractivity contribution in [2.75, 3.05) is 33.7 Å². The summed E-state index contributed by atoms with van der Waals surface area (Å²) < 4.78 is 26.9. The number of amides is 1. The standard InChI is InChI=1S/C11H18BrN3O3S2/c1-15(2)7-3-6-13-10(16)8-14-20(17,18)11-5-4-9(12)19-11/h4-5,14H,3,6-8H2,1-2H3,(H,13,16). The Bertz CT molecular complexity index is 543. The molecular weight excluding hydrogens is 366 g/mol. The molecule has 0 saturated heterocycles. The van der Waals surface area contributed by atoms with E-state index < -0.39 is 10.0 Å². The number of carbonyl (C=O) groups is 1. The predicted molar refractivity (Wildman–Crippen MR) is 83.4 cm³/mol. The van der Waals surface area contributed by atoms with E-state index in [0.717, 1.165) is 28.1 Å². The first-order valence-corrected chi connectivity index (χ1v) is 9.07. The molecule has 0 saturated carbocycles. The van der Waals surface area contributed by atoms with Crippen LogP contribution in [0.2, 0.25) is 0 Å². The number of thiophene rings is 1. The summed E-state index contributed by atoms with van der Waals surface area (Å²) in [7, 11) is 0.298. The first-order chi connectivity index (χ1) is 9.31. The molecule has 0 aliphatic carbocycles. The van der Waals surface area contributed by atoms with Gasteiger partial charge < -0.3 is 10.2 Å². The monoisotopic (exact) mass is 383 g/mol. The SMILES string of the molecule is CN(C)CCCNC(=O)CNS(=O)(=O)c1ccc(Br)s1. The molecule has 0 spiro atoms. The number of hydrogen-bond donors (Lipinski definition) is 2. The van der Waals surface area contributed by atoms with E-state index in [-0.39, 0.29) is 16.7 Å². The van der Waals surface area contributed by atoms with Crippen LogP contribution in [-0.4, -0.2) is 53.0 Å². The van der Waals surface area contributed by atoms with Crippen LogP contribution in [0.4, 0.5) is 0 Å². The molecule has 0 fully saturated rings. The molecule has 1 aromatic heterocycles. The third kappa shape index (κ3) is 6.31. The van der Waals surface area contributed by atoms with E-state index in [2.05, 4.69) is 26.0 Å². The van der Waals surface area contributed by atoms with Gasteiger partial charge in [-0.05, 0) is 55.1 Å². The summed E-state index contributed by atoms with van der Waals surface area (Å²) >= 11 is 4.30. The molecule has 2 N–H and O–H groups in total. The van der Waals surface area contributed by atoms with Gasteiger partial charge in [0.2, 0.25) is 5.91 Å². The van der Waals surface area contributed by atoms with Gasteiger partial charge >= 0.3 is 0 Å². The Kier molecular flexibility index (Phi) is 7.10. The summed E-state index contributed by atoms with van der Waals surface area (Å²) in [4.78, 5) is 13.5. The van der Waals surface area contributed by atoms with Crippen LogP contribution >= 0.6 is 27.3 Å². The summed E-state index contributed by atoms with van der Waals surface area (Å²) in [5.74, 6) is -0.331. The van der Waals surface area contributed by atoms with Gasteiger partial charge in [-0.25, -0.2) is 13.1 Å². The third-order valence-corrected chi connectivity index (χ3v) is 5.86. The molecule has 0 unspecified atom stereocenters. The molecule has 9 heteroatoms. The van der Waals surface area contributed by atoms with Crippen molar-refractivity contribution in [2.45, 2.75) is 10.6 Å². The van der Waals surface area contributed by atoms with E-state index in [1.165, 1.54) is 6.07 Å². The lowest BCUT2D eigenvalue weighted by molar-refractivity contribution is -0.119. The minimum Gasteiger partial charge on any atom is -0.355 e. The van der Waals surface area contributed by atoms with Crippen molar-refractivity contribution < 1.29 is 13.2 Å². The summed E-state index contributed by atoms with van der Waals surface area (Å²) in [5, 5.41) is 2.67. The molecule has 20 heavy (non-hydrogen) atoms. The van der Waals surface area contributed by atoms with Gasteiger partial charge in [0.15, 0.2) is 0 Å². The first-order valence-electron chi connectivity index (χ1n) is 5.97. The highest BCUT2D eigenvalue weighted by Gasteiger charge is 2.17. The quantitative estimate of drug-likeness (QED) is 0.652. The number of rotatable bonds is 8. The second-order valence-electron chi connectivity index (χ2n) is 4.39. The average Bonchev–Trinajstić information content (AvgIpc) is 2.79. The number of sulfonamides is 1. The van der Waals surface area contributed by atoms with Crippen molar-refractivity contribution in [3.63, 3.8) is 0 Å². The Balaban J connectivity index is 2.33. The minimum absolute atomic E-state index is 0.185. The van der Waals surface area contributed by atoms with Gasteiger partial charge in [-0.15, -0.1) is 11.3 Å². The first kappa shape index (κ1) is 17.6. The fourth-order valence-electron chi connectivity index (χ4n) is 1.36. The van der Waals surface area contributed by atoms with E-state index in [0.29, 0.717) is 6.54 Å². The molecule has 1 heterocycles. The van der Waals surface area contributed by atoms with Gasteiger partial charge in [-0.2, -0.15) is 0 Å². The molecule has 0 aliphatic heterocycles. The maximum absolute atomic E-state index is 11.9. The highest BCUT2D eigenvalue weighted by atomic mass is 79.9. The number of nitrogens with zero attached hydrogens (tertiary/aromatic N) is 1. The lowest BCUT2D eigenvalue weighted by Gasteiger charge is -2.10. The Hall–Kier alpha value is -0.480. The summed E-state index contributed by atoms with van der Waals surface area (Å²) in [6.07, 6.45) is 0.823. The van der Waals surface area contributed by atoms with Gasteiger partial charge in [0.05, 0.1) is 10.3 Å². The molecule has 0 bridgehead atoms. The molecule has 1 rings (SSSR count). The van der Waals surface area contributed by atoms with Gasteiger partial charge in [0.1, 0.15) is 4.21 Å². The zero-order valence-electron chi connectivity index (χ0n) is 11.3. The molecule has 114 valence electrons. The molecule has 0 aromatic carbocycles. The maximum Gasteiger partial charge on any atom is 0.250 e. The second-order valence-corrected chi connectivity index (χ2v) is 8.85. The van der Waals surface area contributed by atoms with Gasteiger partial charge in [-0.1, -0.05) is 0 Å². The van der Waals surface area contributed by atoms with Gasteiger partial charge in [0.25, 0.3) is 10.0 Å². The molecule has 0 atom stereocenters. The van der Waals surface area contributed by atoms with Crippen molar-refractivity contribution in [1.29, 1.82) is 0 Å². The van der Waals surface area contributed by atoms with E-state index in [9.17, 15) is 13.2 Å². The van der Waals surface area contributed by atoms with Crippen LogP contribution in [0.1, 0.15) is 6.42 Å². The predicted octanol–water partition coefficient (Wildman–Crippen LogP) is 0.857. The number of carbonyl (C=O) groups excluding carboxylic acids is 1. The van der Waals surface area contributed by atoms with Crippen molar-refractivity contribution in [3.8, 4) is 0 Å². The van der Waals surface area contributed by atoms with Crippen LogP contribution in [0, 0.1) is 0 Å². The molecule has 1 aromatic rings. The van der Waals surface area contributed by atoms with Crippen LogP contribution in [0.5, 0.6) is 0 Å². The van der Waals surface area contributed by atoms with Crippen LogP contribution in [0.25, 0.3) is 0 Å². The van der Waals surface area contributed by atoms with Crippen LogP contribution < -0.4 is 10.0 Å². The number of halogens is 1. The van der Waals surface area contributed by atoms with Crippen LogP contribution in [0.15, 0.2) is 20.1 Å². The largest absolute Gasteiger partial charge is 0.355 e. The average molecular weight is 384 g/mol.